The Morgan fingerprint density at radius 2 is 1.63 bits per heavy atom. The first-order valence-corrected chi connectivity index (χ1v) is 8.35. The lowest BCUT2D eigenvalue weighted by Crippen LogP contribution is -2.37. The minimum Gasteiger partial charge on any atom is -0.352 e. The molecule has 0 spiro atoms. The number of pyridine rings is 1. The summed E-state index contributed by atoms with van der Waals surface area (Å²) < 4.78 is 0. The molecular weight excluding hydrogens is 346 g/mol. The molecule has 1 aromatic carbocycles. The third kappa shape index (κ3) is 7.47. The molecule has 2 rings (SSSR count). The summed E-state index contributed by atoms with van der Waals surface area (Å²) in [6.45, 7) is 2.19. The van der Waals surface area contributed by atoms with Crippen molar-refractivity contribution in [2.75, 3.05) is 0 Å². The minimum absolute atomic E-state index is 0.00613. The molecule has 3 amide bonds. The first kappa shape index (κ1) is 19.8. The number of benzene rings is 1. The summed E-state index contributed by atoms with van der Waals surface area (Å²) in [5, 5.41) is 9.00. The van der Waals surface area contributed by atoms with Crippen LogP contribution < -0.4 is 16.1 Å². The smallest absolute Gasteiger partial charge is 0.329 e. The number of amides is 3. The van der Waals surface area contributed by atoms with E-state index in [9.17, 15) is 14.4 Å². The van der Waals surface area contributed by atoms with Crippen molar-refractivity contribution in [1.82, 2.24) is 21.0 Å². The van der Waals surface area contributed by atoms with Crippen LogP contribution in [0.25, 0.3) is 0 Å². The first-order chi connectivity index (χ1) is 13.0. The number of nitrogens with zero attached hydrogens (tertiary/aromatic N) is 2. The number of hydrogen-bond acceptors (Lipinski definition) is 5. The van der Waals surface area contributed by atoms with Gasteiger partial charge in [-0.1, -0.05) is 36.4 Å². The summed E-state index contributed by atoms with van der Waals surface area (Å²) in [6, 6.07) is 12.9. The van der Waals surface area contributed by atoms with Gasteiger partial charge in [-0.25, -0.2) is 5.43 Å². The number of carbonyl (C=O) groups excluding carboxylic acids is 3. The van der Waals surface area contributed by atoms with Crippen molar-refractivity contribution in [2.24, 2.45) is 5.10 Å². The second kappa shape index (κ2) is 10.4. The number of hydrogen-bond donors (Lipinski definition) is 3. The Bertz CT molecular complexity index is 807. The number of nitrogens with one attached hydrogen (secondary N) is 3. The Balaban J connectivity index is 1.70. The quantitative estimate of drug-likeness (QED) is 0.383. The molecule has 140 valence electrons. The highest BCUT2D eigenvalue weighted by Gasteiger charge is 2.12. The standard InChI is InChI=1S/C19H21N5O3/c1-14(10-17(25)21-13-16-8-5-9-20-11-16)23-24-19(27)18(26)22-12-15-6-3-2-4-7-15/h2-9,11H,10,12-13H2,1H3,(H,21,25)(H,22,26)(H,24,27). The molecule has 8 heteroatoms. The van der Waals surface area contributed by atoms with Crippen LogP contribution in [0, 0.1) is 0 Å². The zero-order valence-electron chi connectivity index (χ0n) is 14.9. The normalized spacial score (nSPS) is 10.8. The van der Waals surface area contributed by atoms with Crippen molar-refractivity contribution in [3.63, 3.8) is 0 Å². The van der Waals surface area contributed by atoms with E-state index in [2.05, 4.69) is 26.1 Å². The van der Waals surface area contributed by atoms with Crippen LogP contribution in [0.1, 0.15) is 24.5 Å². The fraction of sp³-hybridized carbons (Fsp3) is 0.211. The van der Waals surface area contributed by atoms with Crippen molar-refractivity contribution in [3.8, 4) is 0 Å². The maximum absolute atomic E-state index is 11.9. The van der Waals surface area contributed by atoms with Crippen LogP contribution in [0.5, 0.6) is 0 Å². The lowest BCUT2D eigenvalue weighted by atomic mass is 10.2. The van der Waals surface area contributed by atoms with Crippen LogP contribution in [-0.2, 0) is 27.5 Å². The molecule has 27 heavy (non-hydrogen) atoms. The molecule has 0 aliphatic rings. The molecule has 0 unspecified atom stereocenters. The van der Waals surface area contributed by atoms with Gasteiger partial charge in [0.05, 0.1) is 6.42 Å². The summed E-state index contributed by atoms with van der Waals surface area (Å²) >= 11 is 0. The predicted octanol–water partition coefficient (Wildman–Crippen LogP) is 0.896. The Kier molecular flexibility index (Phi) is 7.65. The Hall–Kier alpha value is -3.55. The van der Waals surface area contributed by atoms with Crippen molar-refractivity contribution < 1.29 is 14.4 Å². The molecule has 3 N–H and O–H groups in total. The van der Waals surface area contributed by atoms with Gasteiger partial charge in [0.15, 0.2) is 0 Å². The van der Waals surface area contributed by atoms with E-state index in [0.29, 0.717) is 12.3 Å². The van der Waals surface area contributed by atoms with Crippen molar-refractivity contribution in [2.45, 2.75) is 26.4 Å². The number of aromatic nitrogens is 1. The molecule has 0 atom stereocenters. The van der Waals surface area contributed by atoms with Gasteiger partial charge in [0.1, 0.15) is 0 Å². The third-order valence-corrected chi connectivity index (χ3v) is 3.48. The minimum atomic E-state index is -0.888. The third-order valence-electron chi connectivity index (χ3n) is 3.48. The lowest BCUT2D eigenvalue weighted by Gasteiger charge is -2.06. The van der Waals surface area contributed by atoms with Crippen LogP contribution in [0.2, 0.25) is 0 Å². The maximum atomic E-state index is 11.9. The van der Waals surface area contributed by atoms with E-state index in [1.807, 2.05) is 36.4 Å². The number of hydrazone groups is 1. The molecule has 0 saturated heterocycles. The second-order valence-electron chi connectivity index (χ2n) is 5.77. The molecule has 1 heterocycles. The summed E-state index contributed by atoms with van der Waals surface area (Å²) in [5.74, 6) is -1.93. The van der Waals surface area contributed by atoms with Gasteiger partial charge in [-0.3, -0.25) is 19.4 Å². The fourth-order valence-electron chi connectivity index (χ4n) is 2.09. The van der Waals surface area contributed by atoms with Crippen molar-refractivity contribution in [3.05, 3.63) is 66.0 Å². The highest BCUT2D eigenvalue weighted by Crippen LogP contribution is 1.97. The van der Waals surface area contributed by atoms with Gasteiger partial charge >= 0.3 is 11.8 Å². The molecule has 0 radical (unpaired) electrons. The molecule has 0 aliphatic heterocycles. The van der Waals surface area contributed by atoms with Crippen LogP contribution in [-0.4, -0.2) is 28.4 Å². The second-order valence-corrected chi connectivity index (χ2v) is 5.77. The number of carbonyl (C=O) groups is 3. The van der Waals surface area contributed by atoms with E-state index in [1.54, 1.807) is 25.4 Å². The topological polar surface area (TPSA) is 113 Å². The molecule has 8 nitrogen and oxygen atoms in total. The van der Waals surface area contributed by atoms with E-state index in [-0.39, 0.29) is 18.9 Å². The van der Waals surface area contributed by atoms with Gasteiger partial charge in [-0.15, -0.1) is 0 Å². The van der Waals surface area contributed by atoms with E-state index in [0.717, 1.165) is 11.1 Å². The van der Waals surface area contributed by atoms with E-state index >= 15 is 0 Å². The average Bonchev–Trinajstić information content (AvgIpc) is 2.70. The average molecular weight is 367 g/mol. The molecule has 0 saturated carbocycles. The zero-order valence-corrected chi connectivity index (χ0v) is 14.9. The highest BCUT2D eigenvalue weighted by molar-refractivity contribution is 6.35. The van der Waals surface area contributed by atoms with Crippen LogP contribution in [0.15, 0.2) is 60.0 Å². The van der Waals surface area contributed by atoms with E-state index in [1.165, 1.54) is 0 Å². The lowest BCUT2D eigenvalue weighted by molar-refractivity contribution is -0.139. The zero-order chi connectivity index (χ0) is 19.5. The van der Waals surface area contributed by atoms with Gasteiger partial charge in [0.25, 0.3) is 0 Å². The fourth-order valence-corrected chi connectivity index (χ4v) is 2.09. The van der Waals surface area contributed by atoms with E-state index in [4.69, 9.17) is 0 Å². The molecular formula is C19H21N5O3. The summed E-state index contributed by atoms with van der Waals surface area (Å²) in [4.78, 5) is 39.3. The van der Waals surface area contributed by atoms with Crippen LogP contribution in [0.3, 0.4) is 0 Å². The molecule has 2 aromatic rings. The van der Waals surface area contributed by atoms with Crippen molar-refractivity contribution in [1.29, 1.82) is 0 Å². The van der Waals surface area contributed by atoms with Gasteiger partial charge in [-0.05, 0) is 24.1 Å². The largest absolute Gasteiger partial charge is 0.352 e. The summed E-state index contributed by atoms with van der Waals surface area (Å²) in [5.41, 5.74) is 4.28. The predicted molar refractivity (Wildman–Crippen MR) is 100 cm³/mol. The van der Waals surface area contributed by atoms with Gasteiger partial charge in [0.2, 0.25) is 5.91 Å². The summed E-state index contributed by atoms with van der Waals surface area (Å²) in [6.07, 6.45) is 3.32. The highest BCUT2D eigenvalue weighted by atomic mass is 16.2. The number of rotatable bonds is 7. The maximum Gasteiger partial charge on any atom is 0.329 e. The first-order valence-electron chi connectivity index (χ1n) is 8.35. The monoisotopic (exact) mass is 367 g/mol. The van der Waals surface area contributed by atoms with Crippen molar-refractivity contribution >= 4 is 23.4 Å². The molecule has 1 aromatic heterocycles. The summed E-state index contributed by atoms with van der Waals surface area (Å²) in [7, 11) is 0. The molecule has 0 bridgehead atoms. The molecule has 0 fully saturated rings. The SMILES string of the molecule is CC(CC(=O)NCc1cccnc1)=NNC(=O)C(=O)NCc1ccccc1. The molecule has 0 aliphatic carbocycles. The Labute approximate surface area is 157 Å². The van der Waals surface area contributed by atoms with Gasteiger partial charge in [-0.2, -0.15) is 5.10 Å². The van der Waals surface area contributed by atoms with Crippen LogP contribution in [0.4, 0.5) is 0 Å². The Morgan fingerprint density at radius 3 is 2.33 bits per heavy atom. The van der Waals surface area contributed by atoms with Crippen LogP contribution >= 0.6 is 0 Å². The van der Waals surface area contributed by atoms with E-state index < -0.39 is 11.8 Å². The van der Waals surface area contributed by atoms with Gasteiger partial charge < -0.3 is 10.6 Å². The Morgan fingerprint density at radius 1 is 0.926 bits per heavy atom. The van der Waals surface area contributed by atoms with Gasteiger partial charge in [0, 0.05) is 31.2 Å².